The number of amides is 2. The summed E-state index contributed by atoms with van der Waals surface area (Å²) in [5, 5.41) is 2.95. The van der Waals surface area contributed by atoms with Crippen LogP contribution in [0.3, 0.4) is 0 Å². The summed E-state index contributed by atoms with van der Waals surface area (Å²) in [7, 11) is 0. The molecule has 0 aliphatic carbocycles. The Hall–Kier alpha value is -1.84. The highest BCUT2D eigenvalue weighted by molar-refractivity contribution is 5.96. The standard InChI is InChI=1S/C18H26N2O2/c1-3-5-12-20(4-2)17(21)11-10-15-13-14-8-6-7-9-16(14)19-18(15)22/h6-9,15H,3-5,10-13H2,1-2H3,(H,19,22)/t15-/m0/s1. The van der Waals surface area contributed by atoms with Gasteiger partial charge in [0.05, 0.1) is 0 Å². The molecule has 22 heavy (non-hydrogen) atoms. The molecule has 4 nitrogen and oxygen atoms in total. The molecule has 1 aliphatic heterocycles. The summed E-state index contributed by atoms with van der Waals surface area (Å²) in [6.07, 6.45) is 3.94. The van der Waals surface area contributed by atoms with Gasteiger partial charge in [0.15, 0.2) is 0 Å². The zero-order chi connectivity index (χ0) is 15.9. The molecule has 1 atom stereocenters. The zero-order valence-electron chi connectivity index (χ0n) is 13.6. The first-order chi connectivity index (χ1) is 10.7. The normalized spacial score (nSPS) is 16.8. The first kappa shape index (κ1) is 16.5. The van der Waals surface area contributed by atoms with Crippen molar-refractivity contribution in [3.05, 3.63) is 29.8 Å². The van der Waals surface area contributed by atoms with Crippen molar-refractivity contribution in [2.45, 2.75) is 46.0 Å². The van der Waals surface area contributed by atoms with Crippen LogP contribution in [0.4, 0.5) is 5.69 Å². The predicted octanol–water partition coefficient (Wildman–Crippen LogP) is 3.23. The molecule has 1 aromatic carbocycles. The van der Waals surface area contributed by atoms with Gasteiger partial charge in [-0.05, 0) is 37.8 Å². The van der Waals surface area contributed by atoms with Gasteiger partial charge < -0.3 is 10.2 Å². The summed E-state index contributed by atoms with van der Waals surface area (Å²) < 4.78 is 0. The van der Waals surface area contributed by atoms with Crippen molar-refractivity contribution in [3.8, 4) is 0 Å². The largest absolute Gasteiger partial charge is 0.343 e. The molecule has 2 rings (SSSR count). The molecule has 0 spiro atoms. The second kappa shape index (κ2) is 7.97. The van der Waals surface area contributed by atoms with E-state index in [2.05, 4.69) is 12.2 Å². The molecule has 0 saturated carbocycles. The molecular formula is C18H26N2O2. The highest BCUT2D eigenvalue weighted by Gasteiger charge is 2.26. The van der Waals surface area contributed by atoms with Crippen LogP contribution in [-0.2, 0) is 16.0 Å². The fraction of sp³-hybridized carbons (Fsp3) is 0.556. The molecule has 4 heteroatoms. The number of rotatable bonds is 7. The van der Waals surface area contributed by atoms with Gasteiger partial charge in [-0.2, -0.15) is 0 Å². The molecule has 0 fully saturated rings. The number of anilines is 1. The van der Waals surface area contributed by atoms with Gasteiger partial charge in [-0.3, -0.25) is 9.59 Å². The van der Waals surface area contributed by atoms with Crippen LogP contribution in [0.25, 0.3) is 0 Å². The van der Waals surface area contributed by atoms with Crippen molar-refractivity contribution < 1.29 is 9.59 Å². The van der Waals surface area contributed by atoms with E-state index in [9.17, 15) is 9.59 Å². The number of hydrogen-bond donors (Lipinski definition) is 1. The molecule has 0 bridgehead atoms. The summed E-state index contributed by atoms with van der Waals surface area (Å²) in [4.78, 5) is 26.3. The van der Waals surface area contributed by atoms with Gasteiger partial charge >= 0.3 is 0 Å². The van der Waals surface area contributed by atoms with Crippen LogP contribution in [-0.4, -0.2) is 29.8 Å². The number of carbonyl (C=O) groups is 2. The van der Waals surface area contributed by atoms with E-state index in [-0.39, 0.29) is 17.7 Å². The first-order valence-corrected chi connectivity index (χ1v) is 8.32. The Balaban J connectivity index is 1.89. The first-order valence-electron chi connectivity index (χ1n) is 8.32. The highest BCUT2D eigenvalue weighted by atomic mass is 16.2. The molecule has 1 aliphatic rings. The minimum Gasteiger partial charge on any atom is -0.343 e. The lowest BCUT2D eigenvalue weighted by Crippen LogP contribution is -2.34. The Bertz CT molecular complexity index is 528. The molecular weight excluding hydrogens is 276 g/mol. The van der Waals surface area contributed by atoms with Crippen molar-refractivity contribution >= 4 is 17.5 Å². The third-order valence-electron chi connectivity index (χ3n) is 4.34. The van der Waals surface area contributed by atoms with E-state index in [0.717, 1.165) is 43.6 Å². The maximum Gasteiger partial charge on any atom is 0.227 e. The minimum atomic E-state index is -0.0938. The third-order valence-corrected chi connectivity index (χ3v) is 4.34. The molecule has 1 aromatic rings. The van der Waals surface area contributed by atoms with E-state index in [4.69, 9.17) is 0 Å². The molecule has 120 valence electrons. The van der Waals surface area contributed by atoms with Crippen LogP contribution < -0.4 is 5.32 Å². The van der Waals surface area contributed by atoms with Gasteiger partial charge in [0.25, 0.3) is 0 Å². The molecule has 0 radical (unpaired) electrons. The van der Waals surface area contributed by atoms with Crippen LogP contribution in [0.1, 0.15) is 45.1 Å². The second-order valence-electron chi connectivity index (χ2n) is 5.91. The van der Waals surface area contributed by atoms with E-state index in [1.165, 1.54) is 0 Å². The Kier molecular flexibility index (Phi) is 5.99. The van der Waals surface area contributed by atoms with Gasteiger partial charge in [0.1, 0.15) is 0 Å². The van der Waals surface area contributed by atoms with Crippen LogP contribution in [0.15, 0.2) is 24.3 Å². The average Bonchev–Trinajstić information content (AvgIpc) is 2.53. The Morgan fingerprint density at radius 2 is 2.09 bits per heavy atom. The highest BCUT2D eigenvalue weighted by Crippen LogP contribution is 2.27. The van der Waals surface area contributed by atoms with Crippen molar-refractivity contribution in [3.63, 3.8) is 0 Å². The average molecular weight is 302 g/mol. The lowest BCUT2D eigenvalue weighted by molar-refractivity contribution is -0.131. The quantitative estimate of drug-likeness (QED) is 0.840. The number of hydrogen-bond acceptors (Lipinski definition) is 2. The summed E-state index contributed by atoms with van der Waals surface area (Å²) >= 11 is 0. The minimum absolute atomic E-state index is 0.0445. The maximum absolute atomic E-state index is 12.3. The van der Waals surface area contributed by atoms with Crippen molar-refractivity contribution in [2.75, 3.05) is 18.4 Å². The molecule has 2 amide bonds. The second-order valence-corrected chi connectivity index (χ2v) is 5.91. The number of fused-ring (bicyclic) bond motifs is 1. The SMILES string of the molecule is CCCCN(CC)C(=O)CC[C@H]1Cc2ccccc2NC1=O. The fourth-order valence-electron chi connectivity index (χ4n) is 2.91. The predicted molar refractivity (Wildman–Crippen MR) is 88.7 cm³/mol. The maximum atomic E-state index is 12.3. The van der Waals surface area contributed by atoms with Crippen LogP contribution in [0.5, 0.6) is 0 Å². The number of benzene rings is 1. The van der Waals surface area contributed by atoms with Crippen molar-refractivity contribution in [2.24, 2.45) is 5.92 Å². The molecule has 0 saturated heterocycles. The van der Waals surface area contributed by atoms with Gasteiger partial charge in [0.2, 0.25) is 11.8 Å². The Labute approximate surface area is 132 Å². The Morgan fingerprint density at radius 3 is 2.82 bits per heavy atom. The van der Waals surface area contributed by atoms with Crippen LogP contribution in [0.2, 0.25) is 0 Å². The molecule has 0 aromatic heterocycles. The molecule has 0 unspecified atom stereocenters. The monoisotopic (exact) mass is 302 g/mol. The summed E-state index contributed by atoms with van der Waals surface area (Å²) in [5.74, 6) is 0.120. The lowest BCUT2D eigenvalue weighted by Gasteiger charge is -2.26. The smallest absolute Gasteiger partial charge is 0.227 e. The van der Waals surface area contributed by atoms with Gasteiger partial charge in [-0.25, -0.2) is 0 Å². The van der Waals surface area contributed by atoms with Crippen molar-refractivity contribution in [1.29, 1.82) is 0 Å². The summed E-state index contributed by atoms with van der Waals surface area (Å²) in [6.45, 7) is 5.71. The van der Waals surface area contributed by atoms with E-state index < -0.39 is 0 Å². The summed E-state index contributed by atoms with van der Waals surface area (Å²) in [5.41, 5.74) is 2.08. The van der Waals surface area contributed by atoms with E-state index in [0.29, 0.717) is 12.8 Å². The van der Waals surface area contributed by atoms with Gasteiger partial charge in [-0.1, -0.05) is 31.5 Å². The van der Waals surface area contributed by atoms with Crippen LogP contribution in [0, 0.1) is 5.92 Å². The van der Waals surface area contributed by atoms with Crippen molar-refractivity contribution in [1.82, 2.24) is 4.90 Å². The van der Waals surface area contributed by atoms with Gasteiger partial charge in [-0.15, -0.1) is 0 Å². The van der Waals surface area contributed by atoms with E-state index in [1.807, 2.05) is 36.1 Å². The zero-order valence-corrected chi connectivity index (χ0v) is 13.6. The van der Waals surface area contributed by atoms with E-state index >= 15 is 0 Å². The number of nitrogens with zero attached hydrogens (tertiary/aromatic N) is 1. The third kappa shape index (κ3) is 4.09. The lowest BCUT2D eigenvalue weighted by atomic mass is 9.89. The summed E-state index contributed by atoms with van der Waals surface area (Å²) in [6, 6.07) is 7.89. The number of unbranched alkanes of at least 4 members (excludes halogenated alkanes) is 1. The number of nitrogens with one attached hydrogen (secondary N) is 1. The fourth-order valence-corrected chi connectivity index (χ4v) is 2.91. The van der Waals surface area contributed by atoms with Gasteiger partial charge in [0, 0.05) is 31.1 Å². The van der Waals surface area contributed by atoms with Crippen LogP contribution >= 0.6 is 0 Å². The molecule has 1 heterocycles. The Morgan fingerprint density at radius 1 is 1.32 bits per heavy atom. The number of para-hydroxylation sites is 1. The molecule has 1 N–H and O–H groups in total. The topological polar surface area (TPSA) is 49.4 Å². The van der Waals surface area contributed by atoms with E-state index in [1.54, 1.807) is 0 Å². The number of carbonyl (C=O) groups excluding carboxylic acids is 2.